The standard InChI is InChI=1S/C20H20FNO4S3/c1-14-5-10-18(15(2)12-14)29(25,26)22-13-19(16-6-8-17(21)9-7-16)28(23,24)20-4-3-11-27-20/h3-12,19,22H,13H2,1-2H3. The Hall–Kier alpha value is -2.07. The van der Waals surface area contributed by atoms with E-state index in [1.54, 1.807) is 30.5 Å². The number of benzene rings is 2. The van der Waals surface area contributed by atoms with Gasteiger partial charge in [0.15, 0.2) is 9.84 Å². The first-order chi connectivity index (χ1) is 13.6. The van der Waals surface area contributed by atoms with Gasteiger partial charge in [-0.2, -0.15) is 0 Å². The molecule has 0 aliphatic heterocycles. The van der Waals surface area contributed by atoms with Crippen molar-refractivity contribution in [1.29, 1.82) is 0 Å². The van der Waals surface area contributed by atoms with Gasteiger partial charge in [-0.15, -0.1) is 11.3 Å². The van der Waals surface area contributed by atoms with Crippen LogP contribution in [0.4, 0.5) is 4.39 Å². The molecule has 0 amide bonds. The SMILES string of the molecule is Cc1ccc(S(=O)(=O)NCC(c2ccc(F)cc2)S(=O)(=O)c2cccs2)c(C)c1. The summed E-state index contributed by atoms with van der Waals surface area (Å²) >= 11 is 1.05. The average Bonchev–Trinajstić information content (AvgIpc) is 3.18. The third kappa shape index (κ3) is 4.75. The van der Waals surface area contributed by atoms with Crippen LogP contribution in [0.15, 0.2) is 69.1 Å². The Balaban J connectivity index is 1.96. The zero-order chi connectivity index (χ0) is 21.2. The molecule has 3 aromatic rings. The lowest BCUT2D eigenvalue weighted by molar-refractivity contribution is 0.569. The van der Waals surface area contributed by atoms with E-state index in [4.69, 9.17) is 0 Å². The number of thiophene rings is 1. The molecule has 0 radical (unpaired) electrons. The number of rotatable bonds is 7. The van der Waals surface area contributed by atoms with Crippen LogP contribution >= 0.6 is 11.3 Å². The fourth-order valence-corrected chi connectivity index (χ4v) is 7.26. The van der Waals surface area contributed by atoms with Crippen molar-refractivity contribution in [2.45, 2.75) is 28.2 Å². The van der Waals surface area contributed by atoms with E-state index in [1.807, 2.05) is 6.92 Å². The molecule has 154 valence electrons. The van der Waals surface area contributed by atoms with Crippen LogP contribution in [0.2, 0.25) is 0 Å². The van der Waals surface area contributed by atoms with Crippen LogP contribution in [0.3, 0.4) is 0 Å². The lowest BCUT2D eigenvalue weighted by atomic mass is 10.1. The maximum Gasteiger partial charge on any atom is 0.240 e. The molecule has 1 atom stereocenters. The molecule has 0 bridgehead atoms. The van der Waals surface area contributed by atoms with E-state index in [-0.39, 0.29) is 15.6 Å². The second-order valence-corrected chi connectivity index (χ2v) is 11.7. The number of aryl methyl sites for hydroxylation is 2. The molecule has 1 unspecified atom stereocenters. The highest BCUT2D eigenvalue weighted by molar-refractivity contribution is 7.93. The van der Waals surface area contributed by atoms with Gasteiger partial charge in [-0.25, -0.2) is 25.9 Å². The summed E-state index contributed by atoms with van der Waals surface area (Å²) < 4.78 is 67.7. The first kappa shape index (κ1) is 21.6. The number of hydrogen-bond acceptors (Lipinski definition) is 5. The van der Waals surface area contributed by atoms with Crippen LogP contribution in [0.1, 0.15) is 21.9 Å². The van der Waals surface area contributed by atoms with E-state index < -0.39 is 30.9 Å². The topological polar surface area (TPSA) is 80.3 Å². The van der Waals surface area contributed by atoms with Crippen LogP contribution in [0, 0.1) is 19.7 Å². The maximum absolute atomic E-state index is 13.3. The molecule has 2 aromatic carbocycles. The zero-order valence-corrected chi connectivity index (χ0v) is 18.2. The quantitative estimate of drug-likeness (QED) is 0.586. The van der Waals surface area contributed by atoms with Crippen molar-refractivity contribution in [2.75, 3.05) is 6.54 Å². The number of hydrogen-bond donors (Lipinski definition) is 1. The van der Waals surface area contributed by atoms with E-state index in [2.05, 4.69) is 4.72 Å². The Kier molecular flexibility index (Phi) is 6.23. The van der Waals surface area contributed by atoms with E-state index in [0.29, 0.717) is 11.1 Å². The smallest absolute Gasteiger partial charge is 0.222 e. The van der Waals surface area contributed by atoms with Crippen molar-refractivity contribution in [3.63, 3.8) is 0 Å². The fraction of sp³-hybridized carbons (Fsp3) is 0.200. The molecule has 0 saturated heterocycles. The van der Waals surface area contributed by atoms with Crippen molar-refractivity contribution in [3.05, 3.63) is 82.5 Å². The molecule has 1 heterocycles. The lowest BCUT2D eigenvalue weighted by Crippen LogP contribution is -2.32. The van der Waals surface area contributed by atoms with Crippen molar-refractivity contribution < 1.29 is 21.2 Å². The first-order valence-corrected chi connectivity index (χ1v) is 12.6. The summed E-state index contributed by atoms with van der Waals surface area (Å²) in [5.74, 6) is -0.503. The van der Waals surface area contributed by atoms with Crippen molar-refractivity contribution >= 4 is 31.2 Å². The second-order valence-electron chi connectivity index (χ2n) is 6.64. The minimum Gasteiger partial charge on any atom is -0.222 e. The lowest BCUT2D eigenvalue weighted by Gasteiger charge is -2.19. The van der Waals surface area contributed by atoms with Gasteiger partial charge in [0.2, 0.25) is 10.0 Å². The Morgan fingerprint density at radius 1 is 1.00 bits per heavy atom. The van der Waals surface area contributed by atoms with Crippen LogP contribution < -0.4 is 4.72 Å². The highest BCUT2D eigenvalue weighted by atomic mass is 32.2. The third-order valence-corrected chi connectivity index (χ3v) is 9.59. The van der Waals surface area contributed by atoms with Crippen molar-refractivity contribution in [1.82, 2.24) is 4.72 Å². The van der Waals surface area contributed by atoms with Gasteiger partial charge in [-0.3, -0.25) is 0 Å². The minimum absolute atomic E-state index is 0.0921. The molecule has 9 heteroatoms. The van der Waals surface area contributed by atoms with Gasteiger partial charge in [-0.05, 0) is 54.6 Å². The summed E-state index contributed by atoms with van der Waals surface area (Å²) in [5, 5.41) is 0.441. The first-order valence-electron chi connectivity index (χ1n) is 8.71. The summed E-state index contributed by atoms with van der Waals surface area (Å²) in [6.45, 7) is 3.16. The molecule has 1 aromatic heterocycles. The number of sulfonamides is 1. The van der Waals surface area contributed by atoms with Gasteiger partial charge in [-0.1, -0.05) is 35.9 Å². The van der Waals surface area contributed by atoms with Crippen LogP contribution in [0.25, 0.3) is 0 Å². The highest BCUT2D eigenvalue weighted by Crippen LogP contribution is 2.31. The van der Waals surface area contributed by atoms with E-state index in [0.717, 1.165) is 29.0 Å². The van der Waals surface area contributed by atoms with Gasteiger partial charge in [0.25, 0.3) is 0 Å². The molecular formula is C20H20FNO4S3. The van der Waals surface area contributed by atoms with Crippen molar-refractivity contribution in [3.8, 4) is 0 Å². The zero-order valence-electron chi connectivity index (χ0n) is 15.8. The highest BCUT2D eigenvalue weighted by Gasteiger charge is 2.32. The summed E-state index contributed by atoms with van der Waals surface area (Å²) in [5.41, 5.74) is 1.80. The third-order valence-electron chi connectivity index (χ3n) is 4.47. The Labute approximate surface area is 174 Å². The Morgan fingerprint density at radius 3 is 2.28 bits per heavy atom. The van der Waals surface area contributed by atoms with Gasteiger partial charge >= 0.3 is 0 Å². The molecule has 0 fully saturated rings. The summed E-state index contributed by atoms with van der Waals surface area (Å²) in [7, 11) is -7.81. The Bertz CT molecular complexity index is 1200. The molecule has 29 heavy (non-hydrogen) atoms. The number of nitrogens with one attached hydrogen (secondary N) is 1. The molecule has 5 nitrogen and oxygen atoms in total. The van der Waals surface area contributed by atoms with Crippen molar-refractivity contribution in [2.24, 2.45) is 0 Å². The summed E-state index contributed by atoms with van der Waals surface area (Å²) in [6.07, 6.45) is 0. The largest absolute Gasteiger partial charge is 0.240 e. The molecule has 1 N–H and O–H groups in total. The predicted molar refractivity (Wildman–Crippen MR) is 112 cm³/mol. The average molecular weight is 454 g/mol. The van der Waals surface area contributed by atoms with Gasteiger partial charge in [0.05, 0.1) is 4.90 Å². The van der Waals surface area contributed by atoms with Gasteiger partial charge in [0.1, 0.15) is 15.3 Å². The Morgan fingerprint density at radius 2 is 1.69 bits per heavy atom. The summed E-state index contributed by atoms with van der Waals surface area (Å²) in [4.78, 5) is 0.0921. The van der Waals surface area contributed by atoms with Crippen LogP contribution in [0.5, 0.6) is 0 Å². The van der Waals surface area contributed by atoms with Crippen LogP contribution in [-0.4, -0.2) is 23.4 Å². The molecular weight excluding hydrogens is 433 g/mol. The van der Waals surface area contributed by atoms with Crippen LogP contribution in [-0.2, 0) is 19.9 Å². The van der Waals surface area contributed by atoms with E-state index in [9.17, 15) is 21.2 Å². The predicted octanol–water partition coefficient (Wildman–Crippen LogP) is 4.00. The normalized spacial score (nSPS) is 13.3. The number of halogens is 1. The fourth-order valence-electron chi connectivity index (χ4n) is 3.01. The van der Waals surface area contributed by atoms with Gasteiger partial charge in [0, 0.05) is 6.54 Å². The van der Waals surface area contributed by atoms with E-state index in [1.165, 1.54) is 24.3 Å². The van der Waals surface area contributed by atoms with Gasteiger partial charge < -0.3 is 0 Å². The monoisotopic (exact) mass is 453 g/mol. The second kappa shape index (κ2) is 8.35. The maximum atomic E-state index is 13.3. The minimum atomic E-state index is -3.93. The molecule has 0 aliphatic rings. The molecule has 0 spiro atoms. The summed E-state index contributed by atoms with van der Waals surface area (Å²) in [6, 6.07) is 13.0. The van der Waals surface area contributed by atoms with E-state index >= 15 is 0 Å². The molecule has 0 saturated carbocycles. The molecule has 3 rings (SSSR count). The molecule has 0 aliphatic carbocycles. The number of sulfone groups is 1.